The van der Waals surface area contributed by atoms with Gasteiger partial charge in [-0.15, -0.1) is 17.0 Å². The highest BCUT2D eigenvalue weighted by Gasteiger charge is 2.07. The topological polar surface area (TPSA) is 3.24 Å². The highest BCUT2D eigenvalue weighted by molar-refractivity contribution is 9.09. The quantitative estimate of drug-likeness (QED) is 0.568. The van der Waals surface area contributed by atoms with Gasteiger partial charge in [-0.05, 0) is 17.2 Å². The Morgan fingerprint density at radius 3 is 2.85 bits per heavy atom. The lowest BCUT2D eigenvalue weighted by Gasteiger charge is -2.22. The molecule has 0 aliphatic carbocycles. The van der Waals surface area contributed by atoms with Gasteiger partial charge in [0.1, 0.15) is 0 Å². The van der Waals surface area contributed by atoms with Gasteiger partial charge in [0.25, 0.3) is 0 Å². The molecule has 0 spiro atoms. The van der Waals surface area contributed by atoms with Crippen molar-refractivity contribution >= 4 is 39.0 Å². The summed E-state index contributed by atoms with van der Waals surface area (Å²) in [4.78, 5) is 2.22. The minimum Gasteiger partial charge on any atom is -0.363 e. The first kappa shape index (κ1) is 10.8. The van der Waals surface area contributed by atoms with Gasteiger partial charge in [0.15, 0.2) is 0 Å². The van der Waals surface area contributed by atoms with Crippen LogP contribution in [0.4, 0.5) is 0 Å². The molecule has 1 heterocycles. The Balaban J connectivity index is 0.000000845. The number of halogens is 2. The maximum absolute atomic E-state index is 3.44. The van der Waals surface area contributed by atoms with Gasteiger partial charge in [0.2, 0.25) is 0 Å². The van der Waals surface area contributed by atoms with E-state index in [2.05, 4.69) is 57.4 Å². The predicted octanol–water partition coefficient (Wildman–Crippen LogP) is 3.40. The average Bonchev–Trinajstić information content (AvgIpc) is 2.17. The summed E-state index contributed by atoms with van der Waals surface area (Å²) in [7, 11) is 0. The first-order valence-corrected chi connectivity index (χ1v) is 5.08. The second kappa shape index (κ2) is 4.82. The minimum atomic E-state index is 0. The van der Waals surface area contributed by atoms with E-state index >= 15 is 0 Å². The molecule has 1 aromatic carbocycles. The van der Waals surface area contributed by atoms with Gasteiger partial charge >= 0.3 is 0 Å². The van der Waals surface area contributed by atoms with Gasteiger partial charge in [0, 0.05) is 12.7 Å². The molecule has 1 aliphatic heterocycles. The fourth-order valence-corrected chi connectivity index (χ4v) is 1.72. The van der Waals surface area contributed by atoms with Crippen LogP contribution >= 0.6 is 32.9 Å². The Labute approximate surface area is 97.3 Å². The van der Waals surface area contributed by atoms with Crippen molar-refractivity contribution < 1.29 is 0 Å². The molecule has 0 fully saturated rings. The third-order valence-corrected chi connectivity index (χ3v) is 2.69. The second-order valence-electron chi connectivity index (χ2n) is 2.88. The van der Waals surface area contributed by atoms with E-state index in [1.807, 2.05) is 0 Å². The molecule has 2 rings (SSSR count). The molecule has 0 bridgehead atoms. The molecule has 0 saturated heterocycles. The lowest BCUT2D eigenvalue weighted by atomic mass is 10.1. The summed E-state index contributed by atoms with van der Waals surface area (Å²) in [6.45, 7) is 1.01. The monoisotopic (exact) mass is 303 g/mol. The highest BCUT2D eigenvalue weighted by Crippen LogP contribution is 2.19. The van der Waals surface area contributed by atoms with Gasteiger partial charge in [-0.3, -0.25) is 0 Å². The van der Waals surface area contributed by atoms with Crippen molar-refractivity contribution in [3.63, 3.8) is 0 Å². The molecule has 0 radical (unpaired) electrons. The number of nitrogens with zero attached hydrogens (tertiary/aromatic N) is 1. The Morgan fingerprint density at radius 1 is 1.31 bits per heavy atom. The van der Waals surface area contributed by atoms with Crippen LogP contribution in [-0.2, 0) is 6.54 Å². The molecule has 1 nitrogen and oxygen atoms in total. The van der Waals surface area contributed by atoms with Crippen LogP contribution in [0.2, 0.25) is 0 Å². The maximum atomic E-state index is 3.44. The van der Waals surface area contributed by atoms with E-state index in [0.717, 1.165) is 12.0 Å². The van der Waals surface area contributed by atoms with Crippen LogP contribution in [0.15, 0.2) is 30.5 Å². The van der Waals surface area contributed by atoms with Crippen LogP contribution in [0.3, 0.4) is 0 Å². The predicted molar refractivity (Wildman–Crippen MR) is 65.1 cm³/mol. The summed E-state index contributed by atoms with van der Waals surface area (Å²) in [6, 6.07) is 8.49. The van der Waals surface area contributed by atoms with E-state index in [1.165, 1.54) is 11.1 Å². The summed E-state index contributed by atoms with van der Waals surface area (Å²) >= 11 is 3.44. The van der Waals surface area contributed by atoms with E-state index in [9.17, 15) is 0 Å². The first-order chi connectivity index (χ1) is 5.90. The van der Waals surface area contributed by atoms with Crippen molar-refractivity contribution in [1.82, 2.24) is 4.90 Å². The normalized spacial score (nSPS) is 13.5. The maximum Gasteiger partial charge on any atom is 0.0734 e. The SMILES string of the molecule is Br.BrCN1C=Cc2ccccc2C1. The molecule has 0 N–H and O–H groups in total. The average molecular weight is 305 g/mol. The molecule has 0 atom stereocenters. The molecular formula is C10H11Br2N. The first-order valence-electron chi connectivity index (χ1n) is 3.96. The fraction of sp³-hybridized carbons (Fsp3) is 0.200. The van der Waals surface area contributed by atoms with E-state index in [4.69, 9.17) is 0 Å². The molecule has 1 aromatic rings. The van der Waals surface area contributed by atoms with Crippen LogP contribution in [0.5, 0.6) is 0 Å². The third-order valence-electron chi connectivity index (χ3n) is 2.05. The van der Waals surface area contributed by atoms with E-state index in [1.54, 1.807) is 0 Å². The van der Waals surface area contributed by atoms with E-state index in [-0.39, 0.29) is 17.0 Å². The molecule has 0 aromatic heterocycles. The van der Waals surface area contributed by atoms with Crippen molar-refractivity contribution in [2.75, 3.05) is 5.45 Å². The molecule has 3 heteroatoms. The summed E-state index contributed by atoms with van der Waals surface area (Å²) in [5.41, 5.74) is 3.65. The summed E-state index contributed by atoms with van der Waals surface area (Å²) in [5, 5.41) is 0. The number of hydrogen-bond donors (Lipinski definition) is 0. The van der Waals surface area contributed by atoms with Gasteiger partial charge in [-0.25, -0.2) is 0 Å². The number of benzene rings is 1. The smallest absolute Gasteiger partial charge is 0.0734 e. The third kappa shape index (κ3) is 2.35. The zero-order valence-corrected chi connectivity index (χ0v) is 10.4. The number of alkyl halides is 1. The molecule has 0 saturated carbocycles. The van der Waals surface area contributed by atoms with E-state index < -0.39 is 0 Å². The highest BCUT2D eigenvalue weighted by atomic mass is 79.9. The summed E-state index contributed by atoms with van der Waals surface area (Å²) < 4.78 is 0. The van der Waals surface area contributed by atoms with Crippen molar-refractivity contribution in [3.8, 4) is 0 Å². The molecule has 70 valence electrons. The van der Waals surface area contributed by atoms with Crippen LogP contribution < -0.4 is 0 Å². The van der Waals surface area contributed by atoms with Crippen molar-refractivity contribution in [1.29, 1.82) is 0 Å². The van der Waals surface area contributed by atoms with Gasteiger partial charge in [0.05, 0.1) is 5.45 Å². The Bertz CT molecular complexity index is 310. The zero-order chi connectivity index (χ0) is 8.39. The standard InChI is InChI=1S/C10H10BrN.BrH/c11-8-12-6-5-9-3-1-2-4-10(9)7-12;/h1-6H,7-8H2;1H. The minimum absolute atomic E-state index is 0. The van der Waals surface area contributed by atoms with Crippen LogP contribution in [0.1, 0.15) is 11.1 Å². The Hall–Kier alpha value is -0.280. The second-order valence-corrected chi connectivity index (χ2v) is 3.38. The van der Waals surface area contributed by atoms with Crippen LogP contribution in [-0.4, -0.2) is 10.4 Å². The molecule has 1 aliphatic rings. The van der Waals surface area contributed by atoms with Gasteiger partial charge in [-0.1, -0.05) is 40.2 Å². The molecule has 13 heavy (non-hydrogen) atoms. The molecule has 0 amide bonds. The zero-order valence-electron chi connectivity index (χ0n) is 7.11. The largest absolute Gasteiger partial charge is 0.363 e. The molecule has 0 unspecified atom stereocenters. The Morgan fingerprint density at radius 2 is 2.08 bits per heavy atom. The number of rotatable bonds is 1. The van der Waals surface area contributed by atoms with E-state index in [0.29, 0.717) is 0 Å². The van der Waals surface area contributed by atoms with Crippen molar-refractivity contribution in [3.05, 3.63) is 41.6 Å². The lowest BCUT2D eigenvalue weighted by molar-refractivity contribution is 0.435. The fourth-order valence-electron chi connectivity index (χ4n) is 1.38. The number of hydrogen-bond acceptors (Lipinski definition) is 1. The lowest BCUT2D eigenvalue weighted by Crippen LogP contribution is -2.17. The number of fused-ring (bicyclic) bond motifs is 1. The van der Waals surface area contributed by atoms with Gasteiger partial charge < -0.3 is 4.90 Å². The van der Waals surface area contributed by atoms with Crippen molar-refractivity contribution in [2.24, 2.45) is 0 Å². The molecular weight excluding hydrogens is 294 g/mol. The van der Waals surface area contributed by atoms with Crippen molar-refractivity contribution in [2.45, 2.75) is 6.54 Å². The van der Waals surface area contributed by atoms with Crippen LogP contribution in [0.25, 0.3) is 6.08 Å². The summed E-state index contributed by atoms with van der Waals surface area (Å²) in [6.07, 6.45) is 4.27. The summed E-state index contributed by atoms with van der Waals surface area (Å²) in [5.74, 6) is 0. The van der Waals surface area contributed by atoms with Gasteiger partial charge in [-0.2, -0.15) is 0 Å². The Kier molecular flexibility index (Phi) is 4.00. The van der Waals surface area contributed by atoms with Crippen LogP contribution in [0, 0.1) is 0 Å².